The molecule has 1 aromatic heterocycles. The van der Waals surface area contributed by atoms with E-state index >= 15 is 0 Å². The van der Waals surface area contributed by atoms with E-state index in [1.807, 2.05) is 24.3 Å². The molecule has 102 valence electrons. The quantitative estimate of drug-likeness (QED) is 0.863. The normalized spacial score (nSPS) is 17.1. The largest absolute Gasteiger partial charge is 0.493 e. The average molecular weight is 289 g/mol. The maximum absolute atomic E-state index is 12.5. The zero-order valence-corrected chi connectivity index (χ0v) is 11.4. The summed E-state index contributed by atoms with van der Waals surface area (Å²) in [6.45, 7) is 0.349. The van der Waals surface area contributed by atoms with E-state index in [0.29, 0.717) is 23.6 Å². The Morgan fingerprint density at radius 3 is 3.05 bits per heavy atom. The van der Waals surface area contributed by atoms with Crippen LogP contribution >= 0.6 is 11.6 Å². The van der Waals surface area contributed by atoms with Crippen molar-refractivity contribution in [2.75, 3.05) is 12.3 Å². The fourth-order valence-corrected chi connectivity index (χ4v) is 2.52. The van der Waals surface area contributed by atoms with Crippen molar-refractivity contribution in [1.29, 1.82) is 0 Å². The standard InChI is InChI=1S/C15H13ClN2O2/c16-11-6-12(15(17)18-7-11)14(19)10-5-9-3-1-2-4-13(9)20-8-10/h1-4,6-7,10H,5,8H2,(H2,17,18). The Bertz CT molecular complexity index is 673. The first-order valence-electron chi connectivity index (χ1n) is 6.31. The second-order valence-corrected chi connectivity index (χ2v) is 5.21. The Morgan fingerprint density at radius 2 is 2.20 bits per heavy atom. The summed E-state index contributed by atoms with van der Waals surface area (Å²) in [7, 11) is 0. The molecule has 1 aliphatic rings. The van der Waals surface area contributed by atoms with Gasteiger partial charge in [0.15, 0.2) is 5.78 Å². The van der Waals surface area contributed by atoms with Gasteiger partial charge >= 0.3 is 0 Å². The Hall–Kier alpha value is -2.07. The number of carbonyl (C=O) groups excluding carboxylic acids is 1. The van der Waals surface area contributed by atoms with Gasteiger partial charge in [-0.05, 0) is 24.1 Å². The number of pyridine rings is 1. The lowest BCUT2D eigenvalue weighted by atomic mass is 9.90. The molecule has 1 unspecified atom stereocenters. The van der Waals surface area contributed by atoms with Crippen molar-refractivity contribution in [2.45, 2.75) is 6.42 Å². The van der Waals surface area contributed by atoms with Gasteiger partial charge in [0.05, 0.1) is 23.1 Å². The molecule has 0 radical (unpaired) electrons. The molecule has 0 saturated heterocycles. The van der Waals surface area contributed by atoms with Gasteiger partial charge in [0.1, 0.15) is 11.6 Å². The lowest BCUT2D eigenvalue weighted by Gasteiger charge is -2.24. The molecule has 2 aromatic rings. The zero-order chi connectivity index (χ0) is 14.1. The van der Waals surface area contributed by atoms with Crippen LogP contribution in [0.15, 0.2) is 36.5 Å². The molecule has 0 bridgehead atoms. The Labute approximate surface area is 121 Å². The Kier molecular flexibility index (Phi) is 3.32. The molecule has 0 aliphatic carbocycles. The van der Waals surface area contributed by atoms with Gasteiger partial charge in [-0.2, -0.15) is 0 Å². The maximum Gasteiger partial charge on any atom is 0.173 e. The molecule has 0 fully saturated rings. The summed E-state index contributed by atoms with van der Waals surface area (Å²) in [5.74, 6) is 0.714. The Balaban J connectivity index is 1.88. The minimum atomic E-state index is -0.257. The summed E-state index contributed by atoms with van der Waals surface area (Å²) < 4.78 is 5.63. The number of anilines is 1. The number of carbonyl (C=O) groups is 1. The average Bonchev–Trinajstić information content (AvgIpc) is 2.48. The summed E-state index contributed by atoms with van der Waals surface area (Å²) in [5.41, 5.74) is 7.16. The molecule has 20 heavy (non-hydrogen) atoms. The van der Waals surface area contributed by atoms with E-state index in [0.717, 1.165) is 11.3 Å². The van der Waals surface area contributed by atoms with Crippen molar-refractivity contribution < 1.29 is 9.53 Å². The second-order valence-electron chi connectivity index (χ2n) is 4.77. The number of hydrogen-bond donors (Lipinski definition) is 1. The van der Waals surface area contributed by atoms with Gasteiger partial charge in [-0.25, -0.2) is 4.98 Å². The number of aromatic nitrogens is 1. The lowest BCUT2D eigenvalue weighted by Crippen LogP contribution is -2.29. The minimum absolute atomic E-state index is 0.0768. The van der Waals surface area contributed by atoms with Crippen molar-refractivity contribution in [3.8, 4) is 5.75 Å². The molecule has 2 N–H and O–H groups in total. The van der Waals surface area contributed by atoms with E-state index in [-0.39, 0.29) is 17.5 Å². The predicted molar refractivity (Wildman–Crippen MR) is 77.1 cm³/mol. The molecule has 1 aliphatic heterocycles. The van der Waals surface area contributed by atoms with E-state index in [4.69, 9.17) is 22.1 Å². The van der Waals surface area contributed by atoms with Crippen LogP contribution in [0.2, 0.25) is 5.02 Å². The van der Waals surface area contributed by atoms with Crippen molar-refractivity contribution in [2.24, 2.45) is 5.92 Å². The van der Waals surface area contributed by atoms with Crippen molar-refractivity contribution in [1.82, 2.24) is 4.98 Å². The maximum atomic E-state index is 12.5. The van der Waals surface area contributed by atoms with Crippen LogP contribution in [-0.4, -0.2) is 17.4 Å². The molecular weight excluding hydrogens is 276 g/mol. The molecule has 1 atom stereocenters. The van der Waals surface area contributed by atoms with E-state index in [1.54, 1.807) is 6.07 Å². The van der Waals surface area contributed by atoms with Crippen LogP contribution in [0.3, 0.4) is 0 Å². The number of ether oxygens (including phenoxy) is 1. The highest BCUT2D eigenvalue weighted by atomic mass is 35.5. The number of halogens is 1. The van der Waals surface area contributed by atoms with Crippen LogP contribution in [0, 0.1) is 5.92 Å². The van der Waals surface area contributed by atoms with Crippen LogP contribution in [-0.2, 0) is 6.42 Å². The smallest absolute Gasteiger partial charge is 0.173 e. The fraction of sp³-hybridized carbons (Fsp3) is 0.200. The molecule has 2 heterocycles. The van der Waals surface area contributed by atoms with Gasteiger partial charge in [-0.3, -0.25) is 4.79 Å². The number of nitrogens with two attached hydrogens (primary N) is 1. The Morgan fingerprint density at radius 1 is 1.40 bits per heavy atom. The van der Waals surface area contributed by atoms with Crippen LogP contribution < -0.4 is 10.5 Å². The topological polar surface area (TPSA) is 65.2 Å². The van der Waals surface area contributed by atoms with E-state index < -0.39 is 0 Å². The van der Waals surface area contributed by atoms with Crippen LogP contribution in [0.25, 0.3) is 0 Å². The highest BCUT2D eigenvalue weighted by Gasteiger charge is 2.28. The number of nitrogen functional groups attached to an aromatic ring is 1. The third kappa shape index (κ3) is 2.34. The van der Waals surface area contributed by atoms with Crippen LogP contribution in [0.5, 0.6) is 5.75 Å². The first-order valence-corrected chi connectivity index (χ1v) is 6.69. The fourth-order valence-electron chi connectivity index (χ4n) is 2.36. The second kappa shape index (κ2) is 5.13. The zero-order valence-electron chi connectivity index (χ0n) is 10.7. The molecule has 0 spiro atoms. The monoisotopic (exact) mass is 288 g/mol. The van der Waals surface area contributed by atoms with E-state index in [9.17, 15) is 4.79 Å². The molecule has 1 aromatic carbocycles. The lowest BCUT2D eigenvalue weighted by molar-refractivity contribution is 0.0856. The van der Waals surface area contributed by atoms with E-state index in [2.05, 4.69) is 4.98 Å². The SMILES string of the molecule is Nc1ncc(Cl)cc1C(=O)C1COc2ccccc2C1. The number of Topliss-reactive ketones (excluding diaryl/α,β-unsaturated/α-hetero) is 1. The van der Waals surface area contributed by atoms with Gasteiger partial charge in [0, 0.05) is 6.20 Å². The van der Waals surface area contributed by atoms with Crippen molar-refractivity contribution >= 4 is 23.2 Å². The van der Waals surface area contributed by atoms with Gasteiger partial charge in [0.25, 0.3) is 0 Å². The number of rotatable bonds is 2. The number of nitrogens with zero attached hydrogens (tertiary/aromatic N) is 1. The van der Waals surface area contributed by atoms with E-state index in [1.165, 1.54) is 6.20 Å². The van der Waals surface area contributed by atoms with Gasteiger partial charge in [-0.1, -0.05) is 29.8 Å². The highest BCUT2D eigenvalue weighted by molar-refractivity contribution is 6.31. The number of hydrogen-bond acceptors (Lipinski definition) is 4. The summed E-state index contributed by atoms with van der Waals surface area (Å²) in [6.07, 6.45) is 2.07. The first-order chi connectivity index (χ1) is 9.65. The number of para-hydroxylation sites is 1. The van der Waals surface area contributed by atoms with Crippen LogP contribution in [0.4, 0.5) is 5.82 Å². The number of benzene rings is 1. The summed E-state index contributed by atoms with van der Waals surface area (Å²) in [5, 5.41) is 0.402. The van der Waals surface area contributed by atoms with Gasteiger partial charge in [-0.15, -0.1) is 0 Å². The molecule has 5 heteroatoms. The summed E-state index contributed by atoms with van der Waals surface area (Å²) in [6, 6.07) is 9.29. The molecule has 3 rings (SSSR count). The molecular formula is C15H13ClN2O2. The minimum Gasteiger partial charge on any atom is -0.493 e. The molecule has 0 amide bonds. The third-order valence-corrected chi connectivity index (χ3v) is 3.61. The summed E-state index contributed by atoms with van der Waals surface area (Å²) >= 11 is 5.88. The molecule has 0 saturated carbocycles. The van der Waals surface area contributed by atoms with Crippen LogP contribution in [0.1, 0.15) is 15.9 Å². The van der Waals surface area contributed by atoms with Gasteiger partial charge in [0.2, 0.25) is 0 Å². The highest BCUT2D eigenvalue weighted by Crippen LogP contribution is 2.29. The number of ketones is 1. The third-order valence-electron chi connectivity index (χ3n) is 3.40. The van der Waals surface area contributed by atoms with Crippen molar-refractivity contribution in [3.63, 3.8) is 0 Å². The first kappa shape index (κ1) is 12.9. The predicted octanol–water partition coefficient (Wildman–Crippen LogP) is 2.75. The summed E-state index contributed by atoms with van der Waals surface area (Å²) in [4.78, 5) is 16.4. The molecule has 4 nitrogen and oxygen atoms in total. The van der Waals surface area contributed by atoms with Crippen molar-refractivity contribution in [3.05, 3.63) is 52.7 Å². The van der Waals surface area contributed by atoms with Gasteiger partial charge < -0.3 is 10.5 Å². The number of fused-ring (bicyclic) bond motifs is 1.